The zero-order valence-electron chi connectivity index (χ0n) is 11.3. The molecule has 1 aliphatic rings. The van der Waals surface area contributed by atoms with Crippen molar-refractivity contribution in [3.63, 3.8) is 0 Å². The number of rotatable bonds is 3. The van der Waals surface area contributed by atoms with Crippen molar-refractivity contribution < 1.29 is 23.2 Å². The van der Waals surface area contributed by atoms with Crippen LogP contribution in [-0.4, -0.2) is 29.2 Å². The molecule has 1 heterocycles. The number of anilines is 1. The molecule has 0 spiro atoms. The molecule has 0 radical (unpaired) electrons. The number of hydrogen-bond acceptors (Lipinski definition) is 4. The molecule has 0 amide bonds. The van der Waals surface area contributed by atoms with E-state index < -0.39 is 28.5 Å². The van der Waals surface area contributed by atoms with E-state index in [1.807, 2.05) is 0 Å². The molecule has 8 heteroatoms. The summed E-state index contributed by atoms with van der Waals surface area (Å²) in [6.45, 7) is 2.50. The molecule has 0 saturated carbocycles. The van der Waals surface area contributed by atoms with Crippen LogP contribution in [0.1, 0.15) is 18.9 Å². The quantitative estimate of drug-likeness (QED) is 0.689. The molecule has 0 aromatic heterocycles. The molecule has 0 bridgehead atoms. The molecule has 1 N–H and O–H groups in total. The Bertz CT molecular complexity index is 546. The van der Waals surface area contributed by atoms with Gasteiger partial charge in [0.25, 0.3) is 5.69 Å². The minimum absolute atomic E-state index is 0.0353. The van der Waals surface area contributed by atoms with Crippen molar-refractivity contribution in [1.29, 1.82) is 0 Å². The lowest BCUT2D eigenvalue weighted by Gasteiger charge is -2.20. The van der Waals surface area contributed by atoms with Gasteiger partial charge in [-0.1, -0.05) is 0 Å². The maximum Gasteiger partial charge on any atom is 0.416 e. The van der Waals surface area contributed by atoms with E-state index in [1.165, 1.54) is 0 Å². The highest BCUT2D eigenvalue weighted by molar-refractivity contribution is 5.65. The summed E-state index contributed by atoms with van der Waals surface area (Å²) in [5.74, 6) is -0.0353. The average molecular weight is 304 g/mol. The molecule has 2 unspecified atom stereocenters. The van der Waals surface area contributed by atoms with E-state index in [1.54, 1.807) is 11.8 Å². The summed E-state index contributed by atoms with van der Waals surface area (Å²) in [4.78, 5) is 11.9. The Hall–Kier alpha value is -1.83. The maximum absolute atomic E-state index is 12.6. The molecule has 2 atom stereocenters. The number of alkyl halides is 3. The van der Waals surface area contributed by atoms with Gasteiger partial charge in [0.05, 0.1) is 16.6 Å². The SMILES string of the molecule is CC(O)C1CCN(c2ccc(C(F)(F)F)cc2[N+](=O)[O-])C1. The van der Waals surface area contributed by atoms with Crippen LogP contribution < -0.4 is 4.90 Å². The van der Waals surface area contributed by atoms with Crippen LogP contribution in [0.4, 0.5) is 24.5 Å². The van der Waals surface area contributed by atoms with Gasteiger partial charge in [-0.15, -0.1) is 0 Å². The first-order chi connectivity index (χ1) is 9.70. The van der Waals surface area contributed by atoms with Gasteiger partial charge in [-0.25, -0.2) is 0 Å². The standard InChI is InChI=1S/C13H15F3N2O3/c1-8(19)9-4-5-17(7-9)11-3-2-10(13(14,15)16)6-12(11)18(20)21/h2-3,6,8-9,19H,4-5,7H2,1H3. The fourth-order valence-electron chi connectivity index (χ4n) is 2.51. The van der Waals surface area contributed by atoms with Crippen molar-refractivity contribution in [1.82, 2.24) is 0 Å². The predicted molar refractivity (Wildman–Crippen MR) is 70.1 cm³/mol. The highest BCUT2D eigenvalue weighted by Crippen LogP contribution is 2.38. The summed E-state index contributed by atoms with van der Waals surface area (Å²) in [6.07, 6.45) is -4.52. The second-order valence-corrected chi connectivity index (χ2v) is 5.19. The number of halogens is 3. The molecular formula is C13H15F3N2O3. The Morgan fingerprint density at radius 1 is 1.48 bits per heavy atom. The summed E-state index contributed by atoms with van der Waals surface area (Å²) >= 11 is 0. The average Bonchev–Trinajstić information content (AvgIpc) is 2.86. The Kier molecular flexibility index (Phi) is 4.08. The van der Waals surface area contributed by atoms with Crippen LogP contribution in [-0.2, 0) is 6.18 Å². The second-order valence-electron chi connectivity index (χ2n) is 5.19. The number of nitro groups is 1. The molecule has 1 saturated heterocycles. The molecule has 1 aromatic carbocycles. The number of nitrogens with zero attached hydrogens (tertiary/aromatic N) is 2. The topological polar surface area (TPSA) is 66.6 Å². The van der Waals surface area contributed by atoms with Crippen LogP contribution in [0.2, 0.25) is 0 Å². The van der Waals surface area contributed by atoms with Gasteiger partial charge in [0, 0.05) is 25.1 Å². The lowest BCUT2D eigenvalue weighted by atomic mass is 10.0. The van der Waals surface area contributed by atoms with Crippen molar-refractivity contribution in [2.24, 2.45) is 5.92 Å². The number of hydrogen-bond donors (Lipinski definition) is 1. The van der Waals surface area contributed by atoms with Gasteiger partial charge in [0.15, 0.2) is 0 Å². The summed E-state index contributed by atoms with van der Waals surface area (Å²) in [5, 5.41) is 20.6. The largest absolute Gasteiger partial charge is 0.416 e. The Balaban J connectivity index is 2.34. The smallest absolute Gasteiger partial charge is 0.393 e. The molecule has 1 aromatic rings. The van der Waals surface area contributed by atoms with E-state index in [-0.39, 0.29) is 11.6 Å². The lowest BCUT2D eigenvalue weighted by molar-refractivity contribution is -0.384. The molecule has 5 nitrogen and oxygen atoms in total. The molecule has 116 valence electrons. The van der Waals surface area contributed by atoms with Crippen LogP contribution in [0, 0.1) is 16.0 Å². The van der Waals surface area contributed by atoms with Crippen LogP contribution in [0.3, 0.4) is 0 Å². The van der Waals surface area contributed by atoms with Gasteiger partial charge in [0.1, 0.15) is 5.69 Å². The van der Waals surface area contributed by atoms with Gasteiger partial charge >= 0.3 is 6.18 Å². The summed E-state index contributed by atoms with van der Waals surface area (Å²) < 4.78 is 37.9. The van der Waals surface area contributed by atoms with Gasteiger partial charge in [0.2, 0.25) is 0 Å². The van der Waals surface area contributed by atoms with Crippen molar-refractivity contribution >= 4 is 11.4 Å². The van der Waals surface area contributed by atoms with Crippen molar-refractivity contribution in [2.45, 2.75) is 25.6 Å². The Labute approximate surface area is 119 Å². The van der Waals surface area contributed by atoms with E-state index in [4.69, 9.17) is 0 Å². The molecule has 1 fully saturated rings. The first-order valence-corrected chi connectivity index (χ1v) is 6.49. The van der Waals surface area contributed by atoms with Crippen molar-refractivity contribution in [2.75, 3.05) is 18.0 Å². The lowest BCUT2D eigenvalue weighted by Crippen LogP contribution is -2.24. The van der Waals surface area contributed by atoms with Crippen molar-refractivity contribution in [3.8, 4) is 0 Å². The first-order valence-electron chi connectivity index (χ1n) is 6.49. The zero-order chi connectivity index (χ0) is 15.8. The zero-order valence-corrected chi connectivity index (χ0v) is 11.3. The van der Waals surface area contributed by atoms with Gasteiger partial charge < -0.3 is 10.0 Å². The van der Waals surface area contributed by atoms with E-state index in [2.05, 4.69) is 0 Å². The number of aliphatic hydroxyl groups is 1. The van der Waals surface area contributed by atoms with Gasteiger partial charge in [-0.05, 0) is 25.5 Å². The second kappa shape index (κ2) is 5.51. The van der Waals surface area contributed by atoms with Crippen LogP contribution in [0.5, 0.6) is 0 Å². The number of aliphatic hydroxyl groups excluding tert-OH is 1. The summed E-state index contributed by atoms with van der Waals surface area (Å²) in [6, 6.07) is 2.54. The Morgan fingerprint density at radius 3 is 2.62 bits per heavy atom. The minimum Gasteiger partial charge on any atom is -0.393 e. The normalized spacial score (nSPS) is 20.6. The molecule has 21 heavy (non-hydrogen) atoms. The third-order valence-electron chi connectivity index (χ3n) is 3.75. The van der Waals surface area contributed by atoms with Gasteiger partial charge in [-0.2, -0.15) is 13.2 Å². The molecule has 1 aliphatic heterocycles. The number of nitro benzene ring substituents is 1. The monoisotopic (exact) mass is 304 g/mol. The predicted octanol–water partition coefficient (Wildman–Crippen LogP) is 2.82. The first kappa shape index (κ1) is 15.6. The van der Waals surface area contributed by atoms with Crippen LogP contribution in [0.15, 0.2) is 18.2 Å². The maximum atomic E-state index is 12.6. The molecule has 0 aliphatic carbocycles. The molecular weight excluding hydrogens is 289 g/mol. The number of benzene rings is 1. The van der Waals surface area contributed by atoms with Gasteiger partial charge in [-0.3, -0.25) is 10.1 Å². The summed E-state index contributed by atoms with van der Waals surface area (Å²) in [7, 11) is 0. The van der Waals surface area contributed by atoms with E-state index >= 15 is 0 Å². The van der Waals surface area contributed by atoms with E-state index in [0.717, 1.165) is 12.1 Å². The highest BCUT2D eigenvalue weighted by Gasteiger charge is 2.35. The van der Waals surface area contributed by atoms with Crippen molar-refractivity contribution in [3.05, 3.63) is 33.9 Å². The van der Waals surface area contributed by atoms with E-state index in [0.29, 0.717) is 25.6 Å². The Morgan fingerprint density at radius 2 is 2.14 bits per heavy atom. The molecule has 2 rings (SSSR count). The van der Waals surface area contributed by atoms with Crippen LogP contribution >= 0.6 is 0 Å². The highest BCUT2D eigenvalue weighted by atomic mass is 19.4. The fourth-order valence-corrected chi connectivity index (χ4v) is 2.51. The third-order valence-corrected chi connectivity index (χ3v) is 3.75. The minimum atomic E-state index is -4.61. The fraction of sp³-hybridized carbons (Fsp3) is 0.538. The third kappa shape index (κ3) is 3.26. The van der Waals surface area contributed by atoms with E-state index in [9.17, 15) is 28.4 Å². The van der Waals surface area contributed by atoms with Crippen LogP contribution in [0.25, 0.3) is 0 Å². The summed E-state index contributed by atoms with van der Waals surface area (Å²) in [5.41, 5.74) is -1.43.